The number of rotatable bonds is 9. The highest BCUT2D eigenvalue weighted by Crippen LogP contribution is 2.22. The van der Waals surface area contributed by atoms with Crippen molar-refractivity contribution in [3.05, 3.63) is 12.2 Å². The van der Waals surface area contributed by atoms with Crippen molar-refractivity contribution in [3.63, 3.8) is 0 Å². The number of ether oxygens (including phenoxy) is 1. The van der Waals surface area contributed by atoms with Gasteiger partial charge in [0.1, 0.15) is 12.2 Å². The molecule has 1 saturated heterocycles. The predicted octanol–water partition coefficient (Wildman–Crippen LogP) is 1.68. The molecule has 1 saturated carbocycles. The molecule has 8 heteroatoms. The van der Waals surface area contributed by atoms with Gasteiger partial charge in [0.15, 0.2) is 5.96 Å². The largest absolute Gasteiger partial charge is 0.379 e. The third-order valence-corrected chi connectivity index (χ3v) is 6.12. The molecule has 1 aromatic heterocycles. The maximum Gasteiger partial charge on any atom is 0.191 e. The van der Waals surface area contributed by atoms with Crippen LogP contribution in [0.1, 0.15) is 51.8 Å². The van der Waals surface area contributed by atoms with E-state index < -0.39 is 0 Å². The molecule has 8 nitrogen and oxygen atoms in total. The van der Waals surface area contributed by atoms with Gasteiger partial charge in [0, 0.05) is 45.2 Å². The molecule has 1 unspecified atom stereocenters. The van der Waals surface area contributed by atoms with Crippen molar-refractivity contribution in [2.24, 2.45) is 10.9 Å². The molecule has 2 N–H and O–H groups in total. The van der Waals surface area contributed by atoms with Crippen LogP contribution in [-0.2, 0) is 17.7 Å². The van der Waals surface area contributed by atoms with Crippen molar-refractivity contribution in [1.29, 1.82) is 0 Å². The normalized spacial score (nSPS) is 20.6. The van der Waals surface area contributed by atoms with E-state index in [1.165, 1.54) is 32.1 Å². The van der Waals surface area contributed by atoms with Gasteiger partial charge in [-0.2, -0.15) is 0 Å². The molecule has 164 valence electrons. The Kier molecular flexibility index (Phi) is 9.21. The Hall–Kier alpha value is -1.67. The summed E-state index contributed by atoms with van der Waals surface area (Å²) in [6.45, 7) is 11.5. The highest BCUT2D eigenvalue weighted by Gasteiger charge is 2.17. The minimum atomic E-state index is 0.428. The molecule has 2 heterocycles. The lowest BCUT2D eigenvalue weighted by molar-refractivity contribution is 0.0220. The second kappa shape index (κ2) is 12.1. The summed E-state index contributed by atoms with van der Waals surface area (Å²) in [4.78, 5) is 7.38. The number of aliphatic imine (C=N–C) groups is 1. The number of hydrogen-bond donors (Lipinski definition) is 2. The van der Waals surface area contributed by atoms with E-state index in [0.29, 0.717) is 6.04 Å². The number of guanidine groups is 1. The fourth-order valence-electron chi connectivity index (χ4n) is 4.20. The lowest BCUT2D eigenvalue weighted by Crippen LogP contribution is -2.45. The lowest BCUT2D eigenvalue weighted by atomic mass is 9.89. The maximum atomic E-state index is 5.47. The van der Waals surface area contributed by atoms with Crippen LogP contribution in [0.3, 0.4) is 0 Å². The van der Waals surface area contributed by atoms with Crippen LogP contribution >= 0.6 is 0 Å². The van der Waals surface area contributed by atoms with Crippen LogP contribution in [-0.4, -0.2) is 77.6 Å². The van der Waals surface area contributed by atoms with Gasteiger partial charge >= 0.3 is 0 Å². The van der Waals surface area contributed by atoms with Crippen LogP contribution in [0.15, 0.2) is 11.3 Å². The molecule has 1 aliphatic carbocycles. The maximum absolute atomic E-state index is 5.47. The Balaban J connectivity index is 1.51. The van der Waals surface area contributed by atoms with Gasteiger partial charge in [0.05, 0.1) is 19.8 Å². The molecule has 1 aliphatic heterocycles. The molecule has 1 aromatic rings. The van der Waals surface area contributed by atoms with Crippen LogP contribution < -0.4 is 10.6 Å². The average Bonchev–Trinajstić information content (AvgIpc) is 3.24. The number of aryl methyl sites for hydroxylation is 1. The molecule has 3 rings (SSSR count). The first-order chi connectivity index (χ1) is 14.3. The second-order valence-corrected chi connectivity index (χ2v) is 8.29. The molecule has 1 atom stereocenters. The third kappa shape index (κ3) is 7.26. The molecule has 0 aromatic carbocycles. The fraction of sp³-hybridized carbons (Fsp3) is 0.857. The first-order valence-corrected chi connectivity index (χ1v) is 11.5. The molecule has 0 bridgehead atoms. The van der Waals surface area contributed by atoms with Gasteiger partial charge in [0.25, 0.3) is 0 Å². The highest BCUT2D eigenvalue weighted by molar-refractivity contribution is 5.79. The topological polar surface area (TPSA) is 79.6 Å². The van der Waals surface area contributed by atoms with Gasteiger partial charge in [-0.05, 0) is 25.7 Å². The van der Waals surface area contributed by atoms with Gasteiger partial charge in [-0.1, -0.05) is 26.2 Å². The number of hydrogen-bond acceptors (Lipinski definition) is 5. The Bertz CT molecular complexity index is 606. The molecule has 2 aliphatic rings. The lowest BCUT2D eigenvalue weighted by Gasteiger charge is -2.31. The number of nitrogens with one attached hydrogen (secondary N) is 2. The van der Waals surface area contributed by atoms with E-state index in [2.05, 4.69) is 44.1 Å². The first-order valence-electron chi connectivity index (χ1n) is 11.5. The Morgan fingerprint density at radius 3 is 2.79 bits per heavy atom. The van der Waals surface area contributed by atoms with Crippen LogP contribution in [0, 0.1) is 5.92 Å². The van der Waals surface area contributed by atoms with Gasteiger partial charge in [-0.3, -0.25) is 9.89 Å². The number of aromatic nitrogens is 3. The third-order valence-electron chi connectivity index (χ3n) is 6.12. The van der Waals surface area contributed by atoms with Crippen LogP contribution in [0.5, 0.6) is 0 Å². The van der Waals surface area contributed by atoms with Gasteiger partial charge in [-0.15, -0.1) is 10.2 Å². The average molecular weight is 406 g/mol. The number of morpholine rings is 1. The highest BCUT2D eigenvalue weighted by atomic mass is 16.5. The van der Waals surface area contributed by atoms with E-state index in [0.717, 1.165) is 76.6 Å². The summed E-state index contributed by atoms with van der Waals surface area (Å²) in [6.07, 6.45) is 9.52. The minimum Gasteiger partial charge on any atom is -0.379 e. The quantitative estimate of drug-likeness (QED) is 0.481. The molecule has 2 fully saturated rings. The summed E-state index contributed by atoms with van der Waals surface area (Å²) in [5, 5.41) is 15.3. The van der Waals surface area contributed by atoms with Gasteiger partial charge in [0.2, 0.25) is 0 Å². The second-order valence-electron chi connectivity index (χ2n) is 8.29. The van der Waals surface area contributed by atoms with E-state index in [9.17, 15) is 0 Å². The summed E-state index contributed by atoms with van der Waals surface area (Å²) >= 11 is 0. The van der Waals surface area contributed by atoms with Crippen molar-refractivity contribution < 1.29 is 4.74 Å². The smallest absolute Gasteiger partial charge is 0.191 e. The Morgan fingerprint density at radius 2 is 2.03 bits per heavy atom. The zero-order valence-corrected chi connectivity index (χ0v) is 18.3. The molecular formula is C21H39N7O. The van der Waals surface area contributed by atoms with Crippen LogP contribution in [0.4, 0.5) is 0 Å². The van der Waals surface area contributed by atoms with Crippen molar-refractivity contribution in [1.82, 2.24) is 30.3 Å². The zero-order chi connectivity index (χ0) is 20.3. The molecule has 29 heavy (non-hydrogen) atoms. The van der Waals surface area contributed by atoms with E-state index in [1.807, 2.05) is 6.33 Å². The number of nitrogens with zero attached hydrogens (tertiary/aromatic N) is 5. The summed E-state index contributed by atoms with van der Waals surface area (Å²) in [5.41, 5.74) is 0. The minimum absolute atomic E-state index is 0.428. The summed E-state index contributed by atoms with van der Waals surface area (Å²) < 4.78 is 7.59. The van der Waals surface area contributed by atoms with Crippen LogP contribution in [0.25, 0.3) is 0 Å². The standard InChI is InChI=1S/C21H39N7O/c1-3-20-26-25-17-28(20)10-9-22-21(24-16-19-7-5-4-6-8-19)23-15-18(2)27-11-13-29-14-12-27/h17-19H,3-16H2,1-2H3,(H2,22,23,24). The summed E-state index contributed by atoms with van der Waals surface area (Å²) in [5.74, 6) is 2.74. The zero-order valence-electron chi connectivity index (χ0n) is 18.3. The first kappa shape index (κ1) is 22.0. The van der Waals surface area contributed by atoms with E-state index in [1.54, 1.807) is 0 Å². The SMILES string of the molecule is CCc1nncn1CCNC(=NCC(C)N1CCOCC1)NCC1CCCCC1. The summed E-state index contributed by atoms with van der Waals surface area (Å²) in [7, 11) is 0. The van der Waals surface area contributed by atoms with Crippen molar-refractivity contribution in [3.8, 4) is 0 Å². The van der Waals surface area contributed by atoms with E-state index in [4.69, 9.17) is 9.73 Å². The van der Waals surface area contributed by atoms with Crippen molar-refractivity contribution in [2.75, 3.05) is 45.9 Å². The van der Waals surface area contributed by atoms with Crippen LogP contribution in [0.2, 0.25) is 0 Å². The van der Waals surface area contributed by atoms with E-state index in [-0.39, 0.29) is 0 Å². The van der Waals surface area contributed by atoms with E-state index >= 15 is 0 Å². The molecule has 0 amide bonds. The fourth-order valence-corrected chi connectivity index (χ4v) is 4.20. The van der Waals surface area contributed by atoms with Crippen molar-refractivity contribution in [2.45, 2.75) is 65.0 Å². The van der Waals surface area contributed by atoms with Gasteiger partial charge in [-0.25, -0.2) is 0 Å². The molecule has 0 spiro atoms. The Morgan fingerprint density at radius 1 is 1.24 bits per heavy atom. The Labute approximate surface area is 175 Å². The monoisotopic (exact) mass is 405 g/mol. The summed E-state index contributed by atoms with van der Waals surface area (Å²) in [6, 6.07) is 0.428. The molecule has 0 radical (unpaired) electrons. The van der Waals surface area contributed by atoms with Gasteiger partial charge < -0.3 is 19.9 Å². The molecular weight excluding hydrogens is 366 g/mol. The van der Waals surface area contributed by atoms with Crippen molar-refractivity contribution >= 4 is 5.96 Å². The predicted molar refractivity (Wildman–Crippen MR) is 116 cm³/mol.